The highest BCUT2D eigenvalue weighted by atomic mass is 19.4. The number of fused-ring (bicyclic) bond motifs is 1. The molecule has 4 aromatic carbocycles. The van der Waals surface area contributed by atoms with Gasteiger partial charge >= 0.3 is 12.1 Å². The zero-order valence-corrected chi connectivity index (χ0v) is 22.7. The number of alkyl halides is 3. The summed E-state index contributed by atoms with van der Waals surface area (Å²) in [5, 5.41) is 3.58. The molecule has 1 N–H and O–H groups in total. The van der Waals surface area contributed by atoms with Crippen LogP contribution >= 0.6 is 0 Å². The third-order valence-corrected chi connectivity index (χ3v) is 6.78. The van der Waals surface area contributed by atoms with E-state index in [1.807, 2.05) is 30.3 Å². The number of nitrogens with one attached hydrogen (secondary N) is 1. The minimum absolute atomic E-state index is 0.171. The lowest BCUT2D eigenvalue weighted by Crippen LogP contribution is -2.09. The third-order valence-electron chi connectivity index (χ3n) is 6.78. The zero-order chi connectivity index (χ0) is 29.7. The number of esters is 1. The number of para-hydroxylation sites is 1. The quantitative estimate of drug-likeness (QED) is 0.145. The highest BCUT2D eigenvalue weighted by Crippen LogP contribution is 2.39. The molecule has 8 heteroatoms. The van der Waals surface area contributed by atoms with Gasteiger partial charge in [0.2, 0.25) is 0 Å². The van der Waals surface area contributed by atoms with Crippen molar-refractivity contribution in [3.05, 3.63) is 131 Å². The van der Waals surface area contributed by atoms with Gasteiger partial charge in [0.15, 0.2) is 5.78 Å². The minimum atomic E-state index is -4.61. The number of rotatable bonds is 9. The number of ketones is 1. The molecule has 1 aromatic heterocycles. The highest BCUT2D eigenvalue weighted by molar-refractivity contribution is 6.16. The van der Waals surface area contributed by atoms with E-state index in [1.165, 1.54) is 12.3 Å². The Morgan fingerprint density at radius 2 is 1.60 bits per heavy atom. The molecular formula is C34H27F3N2O3. The summed E-state index contributed by atoms with van der Waals surface area (Å²) in [6, 6.07) is 27.2. The number of nitrogens with zero attached hydrogens (tertiary/aromatic N) is 1. The number of carbonyl (C=O) groups excluding carboxylic acids is 2. The number of aromatic nitrogens is 1. The summed E-state index contributed by atoms with van der Waals surface area (Å²) in [4.78, 5) is 29.6. The van der Waals surface area contributed by atoms with Gasteiger partial charge in [0.1, 0.15) is 0 Å². The van der Waals surface area contributed by atoms with Crippen molar-refractivity contribution < 1.29 is 27.5 Å². The summed E-state index contributed by atoms with van der Waals surface area (Å²) < 4.78 is 46.7. The van der Waals surface area contributed by atoms with E-state index >= 15 is 0 Å². The summed E-state index contributed by atoms with van der Waals surface area (Å²) in [6.45, 7) is 2.52. The Labute approximate surface area is 241 Å². The molecule has 0 aliphatic rings. The average Bonchev–Trinajstić information content (AvgIpc) is 2.99. The van der Waals surface area contributed by atoms with E-state index in [9.17, 15) is 22.8 Å². The number of hydrogen-bond donors (Lipinski definition) is 1. The van der Waals surface area contributed by atoms with Gasteiger partial charge in [-0.1, -0.05) is 78.9 Å². The molecule has 0 radical (unpaired) electrons. The number of ether oxygens (including phenoxy) is 1. The van der Waals surface area contributed by atoms with Crippen molar-refractivity contribution in [3.8, 4) is 11.1 Å². The van der Waals surface area contributed by atoms with Crippen LogP contribution in [0.2, 0.25) is 0 Å². The van der Waals surface area contributed by atoms with E-state index in [0.29, 0.717) is 35.5 Å². The van der Waals surface area contributed by atoms with E-state index in [0.717, 1.165) is 17.2 Å². The number of hydrogen-bond acceptors (Lipinski definition) is 5. The van der Waals surface area contributed by atoms with Gasteiger partial charge in [0.25, 0.3) is 0 Å². The molecule has 0 saturated carbocycles. The summed E-state index contributed by atoms with van der Waals surface area (Å²) in [6.07, 6.45) is -3.21. The Morgan fingerprint density at radius 3 is 2.36 bits per heavy atom. The van der Waals surface area contributed by atoms with Crippen LogP contribution in [0.3, 0.4) is 0 Å². The summed E-state index contributed by atoms with van der Waals surface area (Å²) in [7, 11) is 0. The lowest BCUT2D eigenvalue weighted by Gasteiger charge is -2.17. The van der Waals surface area contributed by atoms with Crippen LogP contribution in [-0.2, 0) is 28.7 Å². The summed E-state index contributed by atoms with van der Waals surface area (Å²) in [5.41, 5.74) is 2.94. The van der Waals surface area contributed by atoms with Crippen molar-refractivity contribution in [2.24, 2.45) is 0 Å². The second kappa shape index (κ2) is 12.3. The SMILES string of the molecule is CCOC(=O)Cc1cccc(CNc2cccc(-c3c(C(=O)c4ccccc4)cnc4c(C(F)(F)F)cccc34)c2)c1. The van der Waals surface area contributed by atoms with Gasteiger partial charge in [0.05, 0.1) is 24.1 Å². The standard InChI is InChI=1S/C34H27F3N2O3/c1-2-42-30(40)18-22-9-6-10-23(17-22)20-38-26-14-7-13-25(19-26)31-27-15-8-16-29(34(35,36)37)32(27)39-21-28(31)33(41)24-11-4-3-5-12-24/h3-17,19,21,38H,2,18,20H2,1H3. The minimum Gasteiger partial charge on any atom is -0.466 e. The van der Waals surface area contributed by atoms with E-state index < -0.39 is 11.7 Å². The van der Waals surface area contributed by atoms with Gasteiger partial charge in [-0.25, -0.2) is 0 Å². The number of anilines is 1. The molecular weight excluding hydrogens is 541 g/mol. The van der Waals surface area contributed by atoms with Crippen molar-refractivity contribution in [1.29, 1.82) is 0 Å². The van der Waals surface area contributed by atoms with E-state index in [1.54, 1.807) is 61.5 Å². The Hall–Kier alpha value is -4.98. The number of pyridine rings is 1. The molecule has 0 atom stereocenters. The second-order valence-corrected chi connectivity index (χ2v) is 9.68. The van der Waals surface area contributed by atoms with Gasteiger partial charge in [-0.3, -0.25) is 14.6 Å². The molecule has 0 spiro atoms. The highest BCUT2D eigenvalue weighted by Gasteiger charge is 2.34. The second-order valence-electron chi connectivity index (χ2n) is 9.68. The Morgan fingerprint density at radius 1 is 0.857 bits per heavy atom. The van der Waals surface area contributed by atoms with Crippen molar-refractivity contribution in [1.82, 2.24) is 4.98 Å². The van der Waals surface area contributed by atoms with E-state index in [-0.39, 0.29) is 34.6 Å². The lowest BCUT2D eigenvalue weighted by molar-refractivity contribution is -0.142. The van der Waals surface area contributed by atoms with Crippen molar-refractivity contribution >= 4 is 28.3 Å². The first-order chi connectivity index (χ1) is 20.2. The van der Waals surface area contributed by atoms with Gasteiger partial charge < -0.3 is 10.1 Å². The first kappa shape index (κ1) is 28.5. The monoisotopic (exact) mass is 568 g/mol. The van der Waals surface area contributed by atoms with Crippen LogP contribution in [0.5, 0.6) is 0 Å². The molecule has 0 fully saturated rings. The molecule has 5 nitrogen and oxygen atoms in total. The fourth-order valence-electron chi connectivity index (χ4n) is 4.90. The maximum Gasteiger partial charge on any atom is 0.418 e. The Balaban J connectivity index is 1.53. The van der Waals surface area contributed by atoms with E-state index in [4.69, 9.17) is 4.74 Å². The molecule has 5 aromatic rings. The third kappa shape index (κ3) is 6.33. The van der Waals surface area contributed by atoms with Crippen molar-refractivity contribution in [2.45, 2.75) is 26.1 Å². The molecule has 1 heterocycles. The molecule has 0 amide bonds. The average molecular weight is 569 g/mol. The van der Waals surface area contributed by atoms with Crippen LogP contribution in [0.15, 0.2) is 103 Å². The molecule has 0 aliphatic heterocycles. The molecule has 0 saturated heterocycles. The first-order valence-electron chi connectivity index (χ1n) is 13.4. The zero-order valence-electron chi connectivity index (χ0n) is 22.7. The Bertz CT molecular complexity index is 1750. The fraction of sp³-hybridized carbons (Fsp3) is 0.147. The van der Waals surface area contributed by atoms with Crippen LogP contribution in [0.4, 0.5) is 18.9 Å². The predicted octanol–water partition coefficient (Wildman–Crippen LogP) is 7.87. The van der Waals surface area contributed by atoms with Crippen LogP contribution < -0.4 is 5.32 Å². The maximum atomic E-state index is 13.9. The van der Waals surface area contributed by atoms with Crippen LogP contribution in [0, 0.1) is 0 Å². The van der Waals surface area contributed by atoms with Gasteiger partial charge in [-0.15, -0.1) is 0 Å². The lowest BCUT2D eigenvalue weighted by atomic mass is 9.91. The van der Waals surface area contributed by atoms with Gasteiger partial charge in [-0.2, -0.15) is 13.2 Å². The molecule has 42 heavy (non-hydrogen) atoms. The molecule has 0 aliphatic carbocycles. The molecule has 212 valence electrons. The topological polar surface area (TPSA) is 68.3 Å². The van der Waals surface area contributed by atoms with Crippen LogP contribution in [-0.4, -0.2) is 23.3 Å². The molecule has 5 rings (SSSR count). The maximum absolute atomic E-state index is 13.9. The van der Waals surface area contributed by atoms with Gasteiger partial charge in [-0.05, 0) is 41.8 Å². The summed E-state index contributed by atoms with van der Waals surface area (Å²) in [5.74, 6) is -0.636. The molecule has 0 unspecified atom stereocenters. The van der Waals surface area contributed by atoms with Crippen molar-refractivity contribution in [3.63, 3.8) is 0 Å². The number of halogens is 3. The summed E-state index contributed by atoms with van der Waals surface area (Å²) >= 11 is 0. The first-order valence-corrected chi connectivity index (χ1v) is 13.4. The fourth-order valence-corrected chi connectivity index (χ4v) is 4.90. The largest absolute Gasteiger partial charge is 0.466 e. The normalized spacial score (nSPS) is 11.3. The van der Waals surface area contributed by atoms with Crippen LogP contribution in [0.1, 0.15) is 39.5 Å². The smallest absolute Gasteiger partial charge is 0.418 e. The van der Waals surface area contributed by atoms with E-state index in [2.05, 4.69) is 10.3 Å². The van der Waals surface area contributed by atoms with Gasteiger partial charge in [0, 0.05) is 40.5 Å². The Kier molecular flexibility index (Phi) is 8.33. The van der Waals surface area contributed by atoms with Crippen molar-refractivity contribution in [2.75, 3.05) is 11.9 Å². The number of carbonyl (C=O) groups is 2. The molecule has 0 bridgehead atoms. The number of benzene rings is 4. The van der Waals surface area contributed by atoms with Crippen LogP contribution in [0.25, 0.3) is 22.0 Å². The predicted molar refractivity (Wildman–Crippen MR) is 156 cm³/mol.